The highest BCUT2D eigenvalue weighted by atomic mass is 16.5. The molecule has 5 unspecified atom stereocenters. The van der Waals surface area contributed by atoms with Gasteiger partial charge in [-0.1, -0.05) is 13.8 Å². The largest absolute Gasteiger partial charge is 0.377 e. The van der Waals surface area contributed by atoms with E-state index in [1.54, 1.807) is 0 Å². The first kappa shape index (κ1) is 12.8. The second-order valence-electron chi connectivity index (χ2n) is 7.32. The Morgan fingerprint density at radius 1 is 1.30 bits per heavy atom. The van der Waals surface area contributed by atoms with Gasteiger partial charge in [0.15, 0.2) is 0 Å². The quantitative estimate of drug-likeness (QED) is 0.920. The fraction of sp³-hybridized carbons (Fsp3) is 0.812. The Labute approximate surface area is 120 Å². The van der Waals surface area contributed by atoms with Crippen LogP contribution in [0.15, 0.2) is 18.7 Å². The number of hydrogen-bond acceptors (Lipinski definition) is 3. The molecule has 1 aromatic heterocycles. The van der Waals surface area contributed by atoms with E-state index in [1.807, 2.05) is 12.5 Å². The smallest absolute Gasteiger partial charge is 0.0949 e. The van der Waals surface area contributed by atoms with Gasteiger partial charge in [-0.2, -0.15) is 0 Å². The number of aromatic nitrogens is 2. The van der Waals surface area contributed by atoms with E-state index in [1.165, 1.54) is 25.7 Å². The van der Waals surface area contributed by atoms with E-state index in [0.717, 1.165) is 12.5 Å². The summed E-state index contributed by atoms with van der Waals surface area (Å²) in [4.78, 5) is 4.21. The van der Waals surface area contributed by atoms with Crippen molar-refractivity contribution >= 4 is 0 Å². The van der Waals surface area contributed by atoms with Crippen molar-refractivity contribution in [2.45, 2.75) is 63.8 Å². The van der Waals surface area contributed by atoms with Crippen LogP contribution in [0.1, 0.15) is 45.6 Å². The Bertz CT molecular complexity index is 470. The molecule has 1 saturated heterocycles. The van der Waals surface area contributed by atoms with Gasteiger partial charge in [0.2, 0.25) is 0 Å². The van der Waals surface area contributed by atoms with Crippen molar-refractivity contribution in [3.63, 3.8) is 0 Å². The minimum absolute atomic E-state index is 0.281. The predicted octanol–water partition coefficient (Wildman–Crippen LogP) is 2.38. The van der Waals surface area contributed by atoms with E-state index in [2.05, 4.69) is 34.9 Å². The summed E-state index contributed by atoms with van der Waals surface area (Å²) in [5.41, 5.74) is 0.281. The maximum absolute atomic E-state index is 5.91. The van der Waals surface area contributed by atoms with Gasteiger partial charge in [0.05, 0.1) is 12.4 Å². The number of imidazole rings is 1. The molecule has 2 aliphatic carbocycles. The molecule has 1 aliphatic heterocycles. The SMILES string of the molecule is CC1(C)C(NC2CCCC2n2ccnc2)C2CCOC21. The molecule has 0 amide bonds. The molecule has 4 heteroatoms. The van der Waals surface area contributed by atoms with Crippen LogP contribution in [0.25, 0.3) is 0 Å². The molecule has 4 rings (SSSR count). The lowest BCUT2D eigenvalue weighted by Crippen LogP contribution is -2.67. The van der Waals surface area contributed by atoms with E-state index in [9.17, 15) is 0 Å². The van der Waals surface area contributed by atoms with Gasteiger partial charge in [-0.25, -0.2) is 4.98 Å². The number of ether oxygens (including phenoxy) is 1. The van der Waals surface area contributed by atoms with Crippen molar-refractivity contribution in [3.8, 4) is 0 Å². The van der Waals surface area contributed by atoms with Gasteiger partial charge < -0.3 is 14.6 Å². The van der Waals surface area contributed by atoms with Crippen LogP contribution in [-0.4, -0.2) is 34.3 Å². The van der Waals surface area contributed by atoms with Gasteiger partial charge >= 0.3 is 0 Å². The molecule has 20 heavy (non-hydrogen) atoms. The van der Waals surface area contributed by atoms with E-state index < -0.39 is 0 Å². The molecule has 0 spiro atoms. The highest BCUT2D eigenvalue weighted by molar-refractivity contribution is 5.12. The first-order valence-corrected chi connectivity index (χ1v) is 8.03. The number of nitrogens with one attached hydrogen (secondary N) is 1. The monoisotopic (exact) mass is 275 g/mol. The first-order chi connectivity index (χ1) is 9.68. The molecule has 5 atom stereocenters. The predicted molar refractivity (Wildman–Crippen MR) is 77.5 cm³/mol. The lowest BCUT2D eigenvalue weighted by Gasteiger charge is -2.56. The molecule has 1 aromatic rings. The zero-order valence-electron chi connectivity index (χ0n) is 12.5. The van der Waals surface area contributed by atoms with Gasteiger partial charge in [-0.3, -0.25) is 0 Å². The topological polar surface area (TPSA) is 39.1 Å². The summed E-state index contributed by atoms with van der Waals surface area (Å²) < 4.78 is 8.20. The molecule has 4 nitrogen and oxygen atoms in total. The molecule has 2 saturated carbocycles. The lowest BCUT2D eigenvalue weighted by atomic mass is 9.57. The highest BCUT2D eigenvalue weighted by Gasteiger charge is 2.59. The standard InChI is InChI=1S/C16H25N3O/c1-16(2)14(11-6-9-20-15(11)16)18-12-4-3-5-13(12)19-8-7-17-10-19/h7-8,10-15,18H,3-6,9H2,1-2H3. The molecule has 0 aromatic carbocycles. The fourth-order valence-corrected chi connectivity index (χ4v) is 4.85. The van der Waals surface area contributed by atoms with Crippen LogP contribution in [0, 0.1) is 11.3 Å². The van der Waals surface area contributed by atoms with Crippen molar-refractivity contribution in [1.29, 1.82) is 0 Å². The van der Waals surface area contributed by atoms with Crippen LogP contribution in [0.4, 0.5) is 0 Å². The second-order valence-corrected chi connectivity index (χ2v) is 7.32. The van der Waals surface area contributed by atoms with Crippen LogP contribution >= 0.6 is 0 Å². The van der Waals surface area contributed by atoms with Crippen molar-refractivity contribution < 1.29 is 4.74 Å². The van der Waals surface area contributed by atoms with Crippen LogP contribution in [0.3, 0.4) is 0 Å². The second kappa shape index (κ2) is 4.57. The van der Waals surface area contributed by atoms with Crippen molar-refractivity contribution in [1.82, 2.24) is 14.9 Å². The summed E-state index contributed by atoms with van der Waals surface area (Å²) in [7, 11) is 0. The Morgan fingerprint density at radius 2 is 2.20 bits per heavy atom. The van der Waals surface area contributed by atoms with E-state index >= 15 is 0 Å². The fourth-order valence-electron chi connectivity index (χ4n) is 4.85. The molecule has 0 bridgehead atoms. The summed E-state index contributed by atoms with van der Waals surface area (Å²) in [6.45, 7) is 5.67. The number of hydrogen-bond donors (Lipinski definition) is 1. The molecule has 2 heterocycles. The normalized spacial score (nSPS) is 42.4. The van der Waals surface area contributed by atoms with Gasteiger partial charge in [0, 0.05) is 48.5 Å². The third-order valence-corrected chi connectivity index (χ3v) is 5.88. The third-order valence-electron chi connectivity index (χ3n) is 5.88. The van der Waals surface area contributed by atoms with Crippen molar-refractivity contribution in [2.75, 3.05) is 6.61 Å². The third kappa shape index (κ3) is 1.77. The first-order valence-electron chi connectivity index (χ1n) is 8.03. The summed E-state index contributed by atoms with van der Waals surface area (Å²) in [6.07, 6.45) is 11.6. The molecule has 1 N–H and O–H groups in total. The maximum atomic E-state index is 5.91. The number of fused-ring (bicyclic) bond motifs is 1. The summed E-state index contributed by atoms with van der Waals surface area (Å²) in [6, 6.07) is 1.79. The van der Waals surface area contributed by atoms with Gasteiger partial charge in [0.1, 0.15) is 0 Å². The molecular weight excluding hydrogens is 250 g/mol. The number of nitrogens with zero attached hydrogens (tertiary/aromatic N) is 2. The minimum Gasteiger partial charge on any atom is -0.377 e. The van der Waals surface area contributed by atoms with Crippen LogP contribution in [-0.2, 0) is 4.74 Å². The van der Waals surface area contributed by atoms with Crippen LogP contribution in [0.2, 0.25) is 0 Å². The van der Waals surface area contributed by atoms with Crippen LogP contribution < -0.4 is 5.32 Å². The summed E-state index contributed by atoms with van der Waals surface area (Å²) in [5, 5.41) is 3.99. The molecular formula is C16H25N3O. The highest BCUT2D eigenvalue weighted by Crippen LogP contribution is 2.52. The lowest BCUT2D eigenvalue weighted by molar-refractivity contribution is -0.116. The number of rotatable bonds is 3. The van der Waals surface area contributed by atoms with Gasteiger partial charge in [0.25, 0.3) is 0 Å². The zero-order chi connectivity index (χ0) is 13.7. The molecule has 110 valence electrons. The van der Waals surface area contributed by atoms with Gasteiger partial charge in [-0.15, -0.1) is 0 Å². The van der Waals surface area contributed by atoms with E-state index in [4.69, 9.17) is 4.74 Å². The summed E-state index contributed by atoms with van der Waals surface area (Å²) in [5.74, 6) is 0.731. The molecule has 0 radical (unpaired) electrons. The summed E-state index contributed by atoms with van der Waals surface area (Å²) >= 11 is 0. The zero-order valence-corrected chi connectivity index (χ0v) is 12.5. The molecule has 3 fully saturated rings. The molecule has 3 aliphatic rings. The van der Waals surface area contributed by atoms with Crippen molar-refractivity contribution in [2.24, 2.45) is 11.3 Å². The Kier molecular flexibility index (Phi) is 2.93. The average Bonchev–Trinajstić information content (AvgIpc) is 3.15. The van der Waals surface area contributed by atoms with Crippen LogP contribution in [0.5, 0.6) is 0 Å². The van der Waals surface area contributed by atoms with E-state index in [0.29, 0.717) is 24.2 Å². The van der Waals surface area contributed by atoms with Crippen molar-refractivity contribution in [3.05, 3.63) is 18.7 Å². The van der Waals surface area contributed by atoms with Gasteiger partial charge in [-0.05, 0) is 25.7 Å². The Balaban J connectivity index is 1.48. The minimum atomic E-state index is 0.281. The maximum Gasteiger partial charge on any atom is 0.0949 e. The Hall–Kier alpha value is -0.870. The van der Waals surface area contributed by atoms with E-state index in [-0.39, 0.29) is 5.41 Å². The average molecular weight is 275 g/mol. The Morgan fingerprint density at radius 3 is 3.00 bits per heavy atom.